The zero-order chi connectivity index (χ0) is 18.8. The lowest BCUT2D eigenvalue weighted by Gasteiger charge is -2.29. The van der Waals surface area contributed by atoms with E-state index >= 15 is 0 Å². The summed E-state index contributed by atoms with van der Waals surface area (Å²) in [5.74, 6) is 1.19. The van der Waals surface area contributed by atoms with Crippen LogP contribution in [0, 0.1) is 0 Å². The Morgan fingerprint density at radius 1 is 0.857 bits per heavy atom. The molecule has 1 aliphatic heterocycles. The highest BCUT2D eigenvalue weighted by molar-refractivity contribution is 5.89. The van der Waals surface area contributed by atoms with Gasteiger partial charge in [-0.1, -0.05) is 54.6 Å². The average molecular weight is 370 g/mol. The first-order chi connectivity index (χ1) is 13.9. The zero-order valence-corrected chi connectivity index (χ0v) is 15.6. The van der Waals surface area contributed by atoms with Crippen molar-refractivity contribution < 1.29 is 4.42 Å². The summed E-state index contributed by atoms with van der Waals surface area (Å²) in [6.07, 6.45) is 0. The van der Waals surface area contributed by atoms with Crippen molar-refractivity contribution in [2.24, 2.45) is 0 Å². The normalized spacial score (nSPS) is 13.9. The summed E-state index contributed by atoms with van der Waals surface area (Å²) in [7, 11) is 0. The molecule has 2 heterocycles. The SMILES string of the molecule is c1ccc(-c2nnc(CNCCN3Cc4cccc5cccc(c45)C3)o2)cc1. The Labute approximate surface area is 164 Å². The van der Waals surface area contributed by atoms with Crippen LogP contribution in [0.15, 0.2) is 71.1 Å². The molecule has 5 rings (SSSR count). The third-order valence-corrected chi connectivity index (χ3v) is 5.23. The van der Waals surface area contributed by atoms with Crippen LogP contribution in [0.3, 0.4) is 0 Å². The van der Waals surface area contributed by atoms with Gasteiger partial charge in [0.2, 0.25) is 11.8 Å². The maximum Gasteiger partial charge on any atom is 0.247 e. The summed E-state index contributed by atoms with van der Waals surface area (Å²) in [5.41, 5.74) is 3.79. The van der Waals surface area contributed by atoms with Crippen molar-refractivity contribution in [3.05, 3.63) is 83.7 Å². The molecule has 5 nitrogen and oxygen atoms in total. The zero-order valence-electron chi connectivity index (χ0n) is 15.6. The third-order valence-electron chi connectivity index (χ3n) is 5.23. The second-order valence-electron chi connectivity index (χ2n) is 7.19. The van der Waals surface area contributed by atoms with E-state index in [0.29, 0.717) is 18.3 Å². The molecule has 0 spiro atoms. The second-order valence-corrected chi connectivity index (χ2v) is 7.19. The van der Waals surface area contributed by atoms with Crippen LogP contribution in [0.4, 0.5) is 0 Å². The van der Waals surface area contributed by atoms with Crippen LogP contribution in [0.25, 0.3) is 22.2 Å². The van der Waals surface area contributed by atoms with Crippen molar-refractivity contribution in [1.82, 2.24) is 20.4 Å². The first-order valence-corrected chi connectivity index (χ1v) is 9.67. The molecule has 0 atom stereocenters. The smallest absolute Gasteiger partial charge is 0.247 e. The summed E-state index contributed by atoms with van der Waals surface area (Å²) < 4.78 is 5.75. The molecule has 1 N–H and O–H groups in total. The van der Waals surface area contributed by atoms with Gasteiger partial charge in [0.25, 0.3) is 0 Å². The van der Waals surface area contributed by atoms with Gasteiger partial charge in [-0.15, -0.1) is 10.2 Å². The van der Waals surface area contributed by atoms with E-state index in [2.05, 4.69) is 56.8 Å². The van der Waals surface area contributed by atoms with Crippen molar-refractivity contribution in [3.8, 4) is 11.5 Å². The van der Waals surface area contributed by atoms with Gasteiger partial charge in [-0.05, 0) is 34.0 Å². The minimum atomic E-state index is 0.568. The van der Waals surface area contributed by atoms with Crippen molar-refractivity contribution in [2.75, 3.05) is 13.1 Å². The Hall–Kier alpha value is -3.02. The fourth-order valence-electron chi connectivity index (χ4n) is 3.92. The Morgan fingerprint density at radius 2 is 1.61 bits per heavy atom. The van der Waals surface area contributed by atoms with Crippen molar-refractivity contribution in [3.63, 3.8) is 0 Å². The van der Waals surface area contributed by atoms with Crippen LogP contribution < -0.4 is 5.32 Å². The van der Waals surface area contributed by atoms with E-state index < -0.39 is 0 Å². The number of hydrogen-bond acceptors (Lipinski definition) is 5. The predicted molar refractivity (Wildman–Crippen MR) is 110 cm³/mol. The van der Waals surface area contributed by atoms with E-state index in [-0.39, 0.29) is 0 Å². The molecule has 0 amide bonds. The van der Waals surface area contributed by atoms with Crippen LogP contribution in [0.1, 0.15) is 17.0 Å². The van der Waals surface area contributed by atoms with Crippen LogP contribution in [-0.4, -0.2) is 28.2 Å². The number of nitrogens with one attached hydrogen (secondary N) is 1. The summed E-state index contributed by atoms with van der Waals surface area (Å²) in [5, 5.41) is 14.5. The topological polar surface area (TPSA) is 54.2 Å². The van der Waals surface area contributed by atoms with E-state index in [9.17, 15) is 0 Å². The minimum Gasteiger partial charge on any atom is -0.419 e. The first-order valence-electron chi connectivity index (χ1n) is 9.67. The molecule has 1 aliphatic rings. The molecule has 5 heteroatoms. The molecule has 0 aliphatic carbocycles. The number of benzene rings is 3. The number of rotatable bonds is 6. The van der Waals surface area contributed by atoms with Crippen molar-refractivity contribution in [2.45, 2.75) is 19.6 Å². The van der Waals surface area contributed by atoms with Crippen LogP contribution in [0.5, 0.6) is 0 Å². The van der Waals surface area contributed by atoms with E-state index in [1.54, 1.807) is 0 Å². The summed E-state index contributed by atoms with van der Waals surface area (Å²) in [4.78, 5) is 2.48. The van der Waals surface area contributed by atoms with Gasteiger partial charge < -0.3 is 9.73 Å². The Bertz CT molecular complexity index is 1050. The number of hydrogen-bond donors (Lipinski definition) is 1. The predicted octanol–water partition coefficient (Wildman–Crippen LogP) is 4.00. The summed E-state index contributed by atoms with van der Waals surface area (Å²) >= 11 is 0. The second kappa shape index (κ2) is 7.54. The maximum absolute atomic E-state index is 5.75. The third kappa shape index (κ3) is 3.42. The van der Waals surface area contributed by atoms with Gasteiger partial charge in [0.1, 0.15) is 0 Å². The lowest BCUT2D eigenvalue weighted by Crippen LogP contribution is -2.33. The van der Waals surface area contributed by atoms with Gasteiger partial charge in [0.05, 0.1) is 6.54 Å². The standard InChI is InChI=1S/C23H22N4O/c1-2-6-18(7-3-1)23-26-25-21(28-23)14-24-12-13-27-15-19-10-4-8-17-9-5-11-20(16-27)22(17)19/h1-11,24H,12-16H2. The fraction of sp³-hybridized carbons (Fsp3) is 0.217. The van der Waals surface area contributed by atoms with Crippen LogP contribution in [0.2, 0.25) is 0 Å². The molecule has 0 saturated heterocycles. The van der Waals surface area contributed by atoms with Gasteiger partial charge in [-0.25, -0.2) is 0 Å². The maximum atomic E-state index is 5.75. The van der Waals surface area contributed by atoms with Crippen molar-refractivity contribution >= 4 is 10.8 Å². The quantitative estimate of drug-likeness (QED) is 0.520. The van der Waals surface area contributed by atoms with Gasteiger partial charge in [0.15, 0.2) is 0 Å². The molecule has 0 radical (unpaired) electrons. The van der Waals surface area contributed by atoms with E-state index in [0.717, 1.165) is 31.7 Å². The largest absolute Gasteiger partial charge is 0.419 e. The highest BCUT2D eigenvalue weighted by Crippen LogP contribution is 2.29. The number of nitrogens with zero attached hydrogens (tertiary/aromatic N) is 3. The lowest BCUT2D eigenvalue weighted by molar-refractivity contribution is 0.251. The fourth-order valence-corrected chi connectivity index (χ4v) is 3.92. The molecule has 0 bridgehead atoms. The van der Waals surface area contributed by atoms with E-state index in [1.807, 2.05) is 30.3 Å². The molecule has 1 aromatic heterocycles. The molecular formula is C23H22N4O. The Kier molecular flexibility index (Phi) is 4.61. The van der Waals surface area contributed by atoms with E-state index in [4.69, 9.17) is 4.42 Å². The number of aromatic nitrogens is 2. The highest BCUT2D eigenvalue weighted by Gasteiger charge is 2.17. The molecule has 0 unspecified atom stereocenters. The Morgan fingerprint density at radius 3 is 2.36 bits per heavy atom. The van der Waals surface area contributed by atoms with Crippen LogP contribution in [-0.2, 0) is 19.6 Å². The molecule has 140 valence electrons. The summed E-state index contributed by atoms with van der Waals surface area (Å²) in [6.45, 7) is 4.43. The van der Waals surface area contributed by atoms with Gasteiger partial charge in [-0.2, -0.15) is 0 Å². The summed E-state index contributed by atoms with van der Waals surface area (Å²) in [6, 6.07) is 23.1. The lowest BCUT2D eigenvalue weighted by atomic mass is 9.95. The molecule has 0 saturated carbocycles. The minimum absolute atomic E-state index is 0.568. The van der Waals surface area contributed by atoms with Gasteiger partial charge in [-0.3, -0.25) is 4.90 Å². The Balaban J connectivity index is 1.16. The molecular weight excluding hydrogens is 348 g/mol. The molecule has 28 heavy (non-hydrogen) atoms. The highest BCUT2D eigenvalue weighted by atomic mass is 16.4. The van der Waals surface area contributed by atoms with Gasteiger partial charge >= 0.3 is 0 Å². The average Bonchev–Trinajstić information content (AvgIpc) is 3.21. The van der Waals surface area contributed by atoms with Crippen molar-refractivity contribution in [1.29, 1.82) is 0 Å². The monoisotopic (exact) mass is 370 g/mol. The van der Waals surface area contributed by atoms with Crippen LogP contribution >= 0.6 is 0 Å². The molecule has 3 aromatic carbocycles. The van der Waals surface area contributed by atoms with Gasteiger partial charge in [0, 0.05) is 31.7 Å². The molecule has 0 fully saturated rings. The van der Waals surface area contributed by atoms with E-state index in [1.165, 1.54) is 21.9 Å². The molecule has 4 aromatic rings. The first kappa shape index (κ1) is 17.1.